The summed E-state index contributed by atoms with van der Waals surface area (Å²) in [6, 6.07) is 13.9. The molecule has 100 valence electrons. The van der Waals surface area contributed by atoms with E-state index >= 15 is 0 Å². The number of rotatable bonds is 4. The number of phenols is 2. The van der Waals surface area contributed by atoms with Crippen molar-refractivity contribution in [2.75, 3.05) is 0 Å². The molecule has 20 heavy (non-hydrogen) atoms. The largest absolute Gasteiger partial charge is 0.507 e. The van der Waals surface area contributed by atoms with Crippen LogP contribution < -0.4 is 0 Å². The smallest absolute Gasteiger partial charge is 0.124 e. The van der Waals surface area contributed by atoms with Crippen LogP contribution in [0.4, 0.5) is 0 Å². The van der Waals surface area contributed by atoms with E-state index in [-0.39, 0.29) is 11.5 Å². The number of aromatic hydroxyl groups is 2. The van der Waals surface area contributed by atoms with E-state index in [1.165, 1.54) is 12.4 Å². The molecule has 2 aromatic rings. The van der Waals surface area contributed by atoms with Gasteiger partial charge in [-0.15, -0.1) is 0 Å². The molecule has 2 N–H and O–H groups in total. The Morgan fingerprint density at radius 1 is 0.650 bits per heavy atom. The Kier molecular flexibility index (Phi) is 4.67. The lowest BCUT2D eigenvalue weighted by atomic mass is 10.2. The van der Waals surface area contributed by atoms with Crippen LogP contribution in [0.5, 0.6) is 11.5 Å². The topological polar surface area (TPSA) is 65.2 Å². The van der Waals surface area contributed by atoms with Crippen molar-refractivity contribution < 1.29 is 10.2 Å². The molecule has 0 fully saturated rings. The van der Waals surface area contributed by atoms with Crippen molar-refractivity contribution >= 4 is 12.4 Å². The molecule has 4 nitrogen and oxygen atoms in total. The minimum Gasteiger partial charge on any atom is -0.507 e. The van der Waals surface area contributed by atoms with Gasteiger partial charge in [0.1, 0.15) is 11.5 Å². The third kappa shape index (κ3) is 3.81. The molecule has 0 saturated carbocycles. The van der Waals surface area contributed by atoms with Crippen LogP contribution in [-0.2, 0) is 0 Å². The molecule has 0 atom stereocenters. The van der Waals surface area contributed by atoms with Crippen LogP contribution in [-0.4, -0.2) is 22.6 Å². The second-order valence-electron chi connectivity index (χ2n) is 3.97. The average molecular weight is 266 g/mol. The normalized spacial score (nSPS) is 11.8. The van der Waals surface area contributed by atoms with Crippen LogP contribution in [0, 0.1) is 0 Å². The quantitative estimate of drug-likeness (QED) is 0.835. The predicted octanol–water partition coefficient (Wildman–Crippen LogP) is 3.11. The summed E-state index contributed by atoms with van der Waals surface area (Å²) >= 11 is 0. The van der Waals surface area contributed by atoms with E-state index in [2.05, 4.69) is 9.98 Å². The fourth-order valence-electron chi connectivity index (χ4n) is 1.52. The summed E-state index contributed by atoms with van der Waals surface area (Å²) in [5.41, 5.74) is 1.28. The molecule has 0 aliphatic carbocycles. The number of hydrogen-bond donors (Lipinski definition) is 2. The molecule has 0 radical (unpaired) electrons. The van der Waals surface area contributed by atoms with E-state index in [9.17, 15) is 10.2 Å². The van der Waals surface area contributed by atoms with Gasteiger partial charge < -0.3 is 10.2 Å². The summed E-state index contributed by atoms with van der Waals surface area (Å²) in [7, 11) is 0. The first kappa shape index (κ1) is 13.5. The molecule has 0 bridgehead atoms. The number of benzene rings is 2. The van der Waals surface area contributed by atoms with Crippen molar-refractivity contribution in [3.8, 4) is 11.5 Å². The number of nitrogens with zero attached hydrogens (tertiary/aromatic N) is 2. The highest BCUT2D eigenvalue weighted by atomic mass is 16.3. The summed E-state index contributed by atoms with van der Waals surface area (Å²) in [5.74, 6) is 0.365. The first-order valence-electron chi connectivity index (χ1n) is 6.05. The second-order valence-corrected chi connectivity index (χ2v) is 3.97. The zero-order chi connectivity index (χ0) is 14.2. The Bertz CT molecular complexity index is 604. The average Bonchev–Trinajstić information content (AvgIpc) is 2.46. The van der Waals surface area contributed by atoms with Crippen LogP contribution in [0.3, 0.4) is 0 Å². The molecule has 0 aromatic heterocycles. The Hall–Kier alpha value is -2.88. The molecular weight excluding hydrogens is 252 g/mol. The number of hydrogen-bond acceptors (Lipinski definition) is 4. The SMILES string of the molecule is Oc1ccccc1\C=N/C=C/N=C\c1ccccc1O. The van der Waals surface area contributed by atoms with Gasteiger partial charge in [-0.05, 0) is 24.3 Å². The maximum absolute atomic E-state index is 9.52. The first-order chi connectivity index (χ1) is 9.77. The van der Waals surface area contributed by atoms with Gasteiger partial charge in [-0.3, -0.25) is 9.98 Å². The van der Waals surface area contributed by atoms with Gasteiger partial charge in [-0.1, -0.05) is 24.3 Å². The number of phenolic OH excluding ortho intramolecular Hbond substituents is 2. The van der Waals surface area contributed by atoms with Gasteiger partial charge in [-0.25, -0.2) is 0 Å². The van der Waals surface area contributed by atoms with Gasteiger partial charge in [-0.2, -0.15) is 0 Å². The maximum atomic E-state index is 9.52. The summed E-state index contributed by atoms with van der Waals surface area (Å²) in [5, 5.41) is 19.0. The maximum Gasteiger partial charge on any atom is 0.124 e. The van der Waals surface area contributed by atoms with Crippen molar-refractivity contribution in [3.05, 3.63) is 72.1 Å². The zero-order valence-electron chi connectivity index (χ0n) is 10.7. The van der Waals surface area contributed by atoms with Crippen LogP contribution in [0.2, 0.25) is 0 Å². The van der Waals surface area contributed by atoms with Gasteiger partial charge in [0.05, 0.1) is 0 Å². The minimum atomic E-state index is 0.183. The minimum absolute atomic E-state index is 0.183. The first-order valence-corrected chi connectivity index (χ1v) is 6.05. The van der Waals surface area contributed by atoms with Gasteiger partial charge in [0.25, 0.3) is 0 Å². The van der Waals surface area contributed by atoms with Gasteiger partial charge >= 0.3 is 0 Å². The van der Waals surface area contributed by atoms with Crippen LogP contribution in [0.15, 0.2) is 70.9 Å². The van der Waals surface area contributed by atoms with Gasteiger partial charge in [0.15, 0.2) is 0 Å². The van der Waals surface area contributed by atoms with E-state index in [0.717, 1.165) is 0 Å². The molecule has 0 aliphatic rings. The molecule has 0 saturated heterocycles. The van der Waals surface area contributed by atoms with E-state index < -0.39 is 0 Å². The number of para-hydroxylation sites is 2. The van der Waals surface area contributed by atoms with Gasteiger partial charge in [0.2, 0.25) is 0 Å². The van der Waals surface area contributed by atoms with Crippen LogP contribution in [0.25, 0.3) is 0 Å². The Morgan fingerprint density at radius 2 is 1.05 bits per heavy atom. The molecule has 0 aliphatic heterocycles. The number of aliphatic imine (C=N–C) groups is 2. The van der Waals surface area contributed by atoms with Crippen LogP contribution in [0.1, 0.15) is 11.1 Å². The molecule has 4 heteroatoms. The van der Waals surface area contributed by atoms with Crippen molar-refractivity contribution in [1.29, 1.82) is 0 Å². The van der Waals surface area contributed by atoms with Crippen molar-refractivity contribution in [3.63, 3.8) is 0 Å². The van der Waals surface area contributed by atoms with Crippen molar-refractivity contribution in [2.45, 2.75) is 0 Å². The fraction of sp³-hybridized carbons (Fsp3) is 0. The lowest BCUT2D eigenvalue weighted by Gasteiger charge is -1.95. The van der Waals surface area contributed by atoms with Crippen LogP contribution >= 0.6 is 0 Å². The lowest BCUT2D eigenvalue weighted by Crippen LogP contribution is -1.80. The highest BCUT2D eigenvalue weighted by Crippen LogP contribution is 2.13. The van der Waals surface area contributed by atoms with Crippen molar-refractivity contribution in [2.24, 2.45) is 9.98 Å². The third-order valence-corrected chi connectivity index (χ3v) is 2.54. The standard InChI is InChI=1S/C16H14N2O2/c19-15-7-3-1-5-13(15)11-17-9-10-18-12-14-6-2-4-8-16(14)20/h1-12,19-20H/b10-9+,17-11-,18-12-. The zero-order valence-corrected chi connectivity index (χ0v) is 10.7. The highest BCUT2D eigenvalue weighted by molar-refractivity contribution is 5.84. The van der Waals surface area contributed by atoms with Crippen molar-refractivity contribution in [1.82, 2.24) is 0 Å². The van der Waals surface area contributed by atoms with E-state index in [4.69, 9.17) is 0 Å². The van der Waals surface area contributed by atoms with E-state index in [1.807, 2.05) is 12.1 Å². The molecule has 0 unspecified atom stereocenters. The highest BCUT2D eigenvalue weighted by Gasteiger charge is 1.93. The molecule has 2 rings (SSSR count). The predicted molar refractivity (Wildman–Crippen MR) is 80.5 cm³/mol. The molecule has 0 spiro atoms. The third-order valence-electron chi connectivity index (χ3n) is 2.54. The summed E-state index contributed by atoms with van der Waals surface area (Å²) < 4.78 is 0. The van der Waals surface area contributed by atoms with Gasteiger partial charge in [0, 0.05) is 36.0 Å². The molecule has 2 aromatic carbocycles. The van der Waals surface area contributed by atoms with E-state index in [0.29, 0.717) is 11.1 Å². The monoisotopic (exact) mass is 266 g/mol. The lowest BCUT2D eigenvalue weighted by molar-refractivity contribution is 0.474. The summed E-state index contributed by atoms with van der Waals surface area (Å²) in [6.45, 7) is 0. The Morgan fingerprint density at radius 3 is 1.45 bits per heavy atom. The summed E-state index contributed by atoms with van der Waals surface area (Å²) in [4.78, 5) is 8.03. The molecule has 0 heterocycles. The Balaban J connectivity index is 1.95. The fourth-order valence-corrected chi connectivity index (χ4v) is 1.52. The molecule has 0 amide bonds. The molecular formula is C16H14N2O2. The Labute approximate surface area is 117 Å². The van der Waals surface area contributed by atoms with E-state index in [1.54, 1.807) is 48.8 Å². The second kappa shape index (κ2) is 6.89. The summed E-state index contributed by atoms with van der Waals surface area (Å²) in [6.07, 6.45) is 6.09.